The lowest BCUT2D eigenvalue weighted by molar-refractivity contribution is 0.0691. The SMILES string of the molecule is CC(NC(=O)Nc1ccc(Br)cc1)c1nc(C(=O)O)cs1. The molecule has 0 aliphatic heterocycles. The molecule has 0 radical (unpaired) electrons. The molecule has 0 aliphatic rings. The number of halogens is 1. The van der Waals surface area contributed by atoms with Crippen molar-refractivity contribution in [2.45, 2.75) is 13.0 Å². The smallest absolute Gasteiger partial charge is 0.355 e. The van der Waals surface area contributed by atoms with Gasteiger partial charge in [0.05, 0.1) is 6.04 Å². The molecule has 21 heavy (non-hydrogen) atoms. The number of nitrogens with zero attached hydrogens (tertiary/aromatic N) is 1. The molecular formula is C13H12BrN3O3S. The largest absolute Gasteiger partial charge is 0.476 e. The molecular weight excluding hydrogens is 358 g/mol. The first-order chi connectivity index (χ1) is 9.95. The second-order valence-electron chi connectivity index (χ2n) is 4.20. The maximum absolute atomic E-state index is 11.8. The Balaban J connectivity index is 1.95. The van der Waals surface area contributed by atoms with E-state index in [0.29, 0.717) is 10.7 Å². The molecule has 0 saturated heterocycles. The molecule has 0 aliphatic carbocycles. The summed E-state index contributed by atoms with van der Waals surface area (Å²) in [5.74, 6) is -1.08. The molecule has 2 amide bonds. The van der Waals surface area contributed by atoms with Gasteiger partial charge in [-0.2, -0.15) is 0 Å². The summed E-state index contributed by atoms with van der Waals surface area (Å²) in [6.07, 6.45) is 0. The highest BCUT2D eigenvalue weighted by molar-refractivity contribution is 9.10. The van der Waals surface area contributed by atoms with Crippen molar-refractivity contribution < 1.29 is 14.7 Å². The lowest BCUT2D eigenvalue weighted by atomic mass is 10.3. The fourth-order valence-corrected chi connectivity index (χ4v) is 2.61. The zero-order valence-corrected chi connectivity index (χ0v) is 13.4. The van der Waals surface area contributed by atoms with E-state index in [1.807, 2.05) is 12.1 Å². The van der Waals surface area contributed by atoms with E-state index in [9.17, 15) is 9.59 Å². The number of benzene rings is 1. The number of carbonyl (C=O) groups is 2. The van der Waals surface area contributed by atoms with Gasteiger partial charge in [-0.05, 0) is 31.2 Å². The Morgan fingerprint density at radius 1 is 1.33 bits per heavy atom. The van der Waals surface area contributed by atoms with Crippen LogP contribution in [-0.2, 0) is 0 Å². The Labute approximate surface area is 133 Å². The molecule has 1 unspecified atom stereocenters. The van der Waals surface area contributed by atoms with Crippen LogP contribution in [0.2, 0.25) is 0 Å². The third-order valence-corrected chi connectivity index (χ3v) is 4.12. The van der Waals surface area contributed by atoms with Crippen molar-refractivity contribution >= 4 is 45.0 Å². The lowest BCUT2D eigenvalue weighted by Crippen LogP contribution is -2.31. The molecule has 2 rings (SSSR count). The number of anilines is 1. The Kier molecular flexibility index (Phi) is 4.92. The second-order valence-corrected chi connectivity index (χ2v) is 6.01. The number of urea groups is 1. The molecule has 1 heterocycles. The monoisotopic (exact) mass is 369 g/mol. The number of hydrogen-bond donors (Lipinski definition) is 3. The van der Waals surface area contributed by atoms with Crippen LogP contribution in [0.3, 0.4) is 0 Å². The molecule has 1 aromatic carbocycles. The number of carboxylic acid groups (broad SMARTS) is 1. The van der Waals surface area contributed by atoms with Gasteiger partial charge in [-0.1, -0.05) is 15.9 Å². The van der Waals surface area contributed by atoms with Gasteiger partial charge in [0.25, 0.3) is 0 Å². The van der Waals surface area contributed by atoms with Crippen LogP contribution in [-0.4, -0.2) is 22.1 Å². The summed E-state index contributed by atoms with van der Waals surface area (Å²) in [5, 5.41) is 16.2. The molecule has 0 spiro atoms. The highest BCUT2D eigenvalue weighted by atomic mass is 79.9. The number of rotatable bonds is 4. The van der Waals surface area contributed by atoms with E-state index in [0.717, 1.165) is 4.47 Å². The fraction of sp³-hybridized carbons (Fsp3) is 0.154. The standard InChI is InChI=1S/C13H12BrN3O3S/c1-7(11-17-10(6-21-11)12(18)19)15-13(20)16-9-4-2-8(14)3-5-9/h2-7H,1H3,(H,18,19)(H2,15,16,20). The van der Waals surface area contributed by atoms with E-state index in [1.54, 1.807) is 19.1 Å². The number of aromatic carboxylic acids is 1. The van der Waals surface area contributed by atoms with Crippen molar-refractivity contribution in [2.24, 2.45) is 0 Å². The first-order valence-corrected chi connectivity index (χ1v) is 7.65. The molecule has 1 aromatic heterocycles. The van der Waals surface area contributed by atoms with Gasteiger partial charge in [-0.3, -0.25) is 0 Å². The van der Waals surface area contributed by atoms with Crippen molar-refractivity contribution in [3.63, 3.8) is 0 Å². The van der Waals surface area contributed by atoms with Crippen molar-refractivity contribution in [2.75, 3.05) is 5.32 Å². The van der Waals surface area contributed by atoms with Crippen molar-refractivity contribution in [3.8, 4) is 0 Å². The predicted molar refractivity (Wildman–Crippen MR) is 83.8 cm³/mol. The van der Waals surface area contributed by atoms with Gasteiger partial charge in [0, 0.05) is 15.5 Å². The summed E-state index contributed by atoms with van der Waals surface area (Å²) < 4.78 is 0.922. The maximum atomic E-state index is 11.8. The molecule has 3 N–H and O–H groups in total. The number of carbonyl (C=O) groups excluding carboxylic acids is 1. The van der Waals surface area contributed by atoms with Gasteiger partial charge >= 0.3 is 12.0 Å². The summed E-state index contributed by atoms with van der Waals surface area (Å²) in [6.45, 7) is 1.74. The molecule has 1 atom stereocenters. The number of aromatic nitrogens is 1. The van der Waals surface area contributed by atoms with Crippen LogP contribution in [0.5, 0.6) is 0 Å². The summed E-state index contributed by atoms with van der Waals surface area (Å²) in [4.78, 5) is 26.6. The van der Waals surface area contributed by atoms with Gasteiger partial charge < -0.3 is 15.7 Å². The Bertz CT molecular complexity index is 657. The molecule has 0 saturated carbocycles. The minimum absolute atomic E-state index is 0.0167. The number of thiazole rings is 1. The topological polar surface area (TPSA) is 91.3 Å². The zero-order chi connectivity index (χ0) is 15.4. The summed E-state index contributed by atoms with van der Waals surface area (Å²) in [5.41, 5.74) is 0.644. The van der Waals surface area contributed by atoms with Crippen molar-refractivity contribution in [1.82, 2.24) is 10.3 Å². The van der Waals surface area contributed by atoms with Crippen LogP contribution in [0, 0.1) is 0 Å². The minimum Gasteiger partial charge on any atom is -0.476 e. The van der Waals surface area contributed by atoms with Gasteiger partial charge in [0.15, 0.2) is 5.69 Å². The molecule has 2 aromatic rings. The fourth-order valence-electron chi connectivity index (χ4n) is 1.54. The van der Waals surface area contributed by atoms with Crippen LogP contribution in [0.25, 0.3) is 0 Å². The Hall–Kier alpha value is -1.93. The molecule has 110 valence electrons. The van der Waals surface area contributed by atoms with Crippen LogP contribution < -0.4 is 10.6 Å². The number of carboxylic acids is 1. The quantitative estimate of drug-likeness (QED) is 0.768. The first kappa shape index (κ1) is 15.5. The third kappa shape index (κ3) is 4.27. The van der Waals surface area contributed by atoms with E-state index in [4.69, 9.17) is 5.11 Å². The predicted octanol–water partition coefficient (Wildman–Crippen LogP) is 3.49. The van der Waals surface area contributed by atoms with Gasteiger partial charge in [0.2, 0.25) is 0 Å². The Morgan fingerprint density at radius 3 is 2.57 bits per heavy atom. The van der Waals surface area contributed by atoms with Gasteiger partial charge in [-0.25, -0.2) is 14.6 Å². The Morgan fingerprint density at radius 2 is 2.00 bits per heavy atom. The first-order valence-electron chi connectivity index (χ1n) is 5.97. The van der Waals surface area contributed by atoms with E-state index >= 15 is 0 Å². The summed E-state index contributed by atoms with van der Waals surface area (Å²) in [7, 11) is 0. The highest BCUT2D eigenvalue weighted by Gasteiger charge is 2.15. The van der Waals surface area contributed by atoms with E-state index in [2.05, 4.69) is 31.5 Å². The average molecular weight is 370 g/mol. The second kappa shape index (κ2) is 6.68. The summed E-state index contributed by atoms with van der Waals surface area (Å²) >= 11 is 4.51. The number of amides is 2. The van der Waals surface area contributed by atoms with Crippen LogP contribution in [0.1, 0.15) is 28.5 Å². The lowest BCUT2D eigenvalue weighted by Gasteiger charge is -2.12. The molecule has 6 nitrogen and oxygen atoms in total. The molecule has 0 fully saturated rings. The van der Waals surface area contributed by atoms with Crippen LogP contribution in [0.15, 0.2) is 34.1 Å². The van der Waals surface area contributed by atoms with E-state index in [1.165, 1.54) is 16.7 Å². The van der Waals surface area contributed by atoms with Crippen LogP contribution >= 0.6 is 27.3 Å². The maximum Gasteiger partial charge on any atom is 0.355 e. The van der Waals surface area contributed by atoms with Gasteiger partial charge in [-0.15, -0.1) is 11.3 Å². The number of hydrogen-bond acceptors (Lipinski definition) is 4. The van der Waals surface area contributed by atoms with Crippen molar-refractivity contribution in [3.05, 3.63) is 44.8 Å². The molecule has 8 heteroatoms. The number of nitrogens with one attached hydrogen (secondary N) is 2. The van der Waals surface area contributed by atoms with E-state index < -0.39 is 5.97 Å². The third-order valence-electron chi connectivity index (χ3n) is 2.56. The zero-order valence-electron chi connectivity index (χ0n) is 11.0. The highest BCUT2D eigenvalue weighted by Crippen LogP contribution is 2.18. The average Bonchev–Trinajstić information content (AvgIpc) is 2.91. The van der Waals surface area contributed by atoms with Crippen LogP contribution in [0.4, 0.5) is 10.5 Å². The summed E-state index contributed by atoms with van der Waals surface area (Å²) in [6, 6.07) is 6.41. The molecule has 0 bridgehead atoms. The minimum atomic E-state index is -1.08. The van der Waals surface area contributed by atoms with Crippen molar-refractivity contribution in [1.29, 1.82) is 0 Å². The normalized spacial score (nSPS) is 11.7. The van der Waals surface area contributed by atoms with Gasteiger partial charge in [0.1, 0.15) is 5.01 Å². The van der Waals surface area contributed by atoms with E-state index in [-0.39, 0.29) is 17.8 Å².